The van der Waals surface area contributed by atoms with Crippen LogP contribution in [0.4, 0.5) is 0 Å². The van der Waals surface area contributed by atoms with Gasteiger partial charge in [-0.1, -0.05) is 13.0 Å². The lowest BCUT2D eigenvalue weighted by Gasteiger charge is -2.30. The van der Waals surface area contributed by atoms with E-state index in [1.807, 2.05) is 0 Å². The molecule has 0 fully saturated rings. The van der Waals surface area contributed by atoms with Gasteiger partial charge in [0, 0.05) is 6.04 Å². The Morgan fingerprint density at radius 3 is 2.83 bits per heavy atom. The highest BCUT2D eigenvalue weighted by molar-refractivity contribution is 5.75. The minimum Gasteiger partial charge on any atom is -0.345 e. The molecule has 2 rings (SSSR count). The number of rotatable bonds is 5. The number of imidazole rings is 1. The van der Waals surface area contributed by atoms with Gasteiger partial charge in [0.2, 0.25) is 0 Å². The molecule has 4 heteroatoms. The standard InChI is InChI=1S/C14H22N4/c1-10(6-7-15)14(18(2)3)11-4-5-12-13(8-11)17-9-16-12/h4-5,8-10,14H,6-7,15H2,1-3H3,(H,16,17). The summed E-state index contributed by atoms with van der Waals surface area (Å²) in [4.78, 5) is 9.69. The molecule has 0 saturated carbocycles. The fourth-order valence-electron chi connectivity index (χ4n) is 2.69. The van der Waals surface area contributed by atoms with E-state index < -0.39 is 0 Å². The second kappa shape index (κ2) is 5.50. The zero-order chi connectivity index (χ0) is 13.1. The first-order valence-electron chi connectivity index (χ1n) is 6.43. The van der Waals surface area contributed by atoms with Gasteiger partial charge < -0.3 is 15.6 Å². The van der Waals surface area contributed by atoms with Gasteiger partial charge in [0.15, 0.2) is 0 Å². The third-order valence-corrected chi connectivity index (χ3v) is 3.50. The Labute approximate surface area is 108 Å². The van der Waals surface area contributed by atoms with Crippen LogP contribution in [-0.2, 0) is 0 Å². The zero-order valence-electron chi connectivity index (χ0n) is 11.4. The minimum absolute atomic E-state index is 0.390. The summed E-state index contributed by atoms with van der Waals surface area (Å²) >= 11 is 0. The number of nitrogens with zero attached hydrogens (tertiary/aromatic N) is 2. The van der Waals surface area contributed by atoms with Crippen molar-refractivity contribution in [1.82, 2.24) is 14.9 Å². The molecular formula is C14H22N4. The van der Waals surface area contributed by atoms with Crippen LogP contribution in [0.2, 0.25) is 0 Å². The summed E-state index contributed by atoms with van der Waals surface area (Å²) in [7, 11) is 4.24. The van der Waals surface area contributed by atoms with E-state index in [-0.39, 0.29) is 0 Å². The number of nitrogens with two attached hydrogens (primary N) is 1. The Morgan fingerprint density at radius 1 is 1.39 bits per heavy atom. The van der Waals surface area contributed by atoms with Crippen LogP contribution < -0.4 is 5.73 Å². The van der Waals surface area contributed by atoms with Crippen molar-refractivity contribution in [1.29, 1.82) is 0 Å². The van der Waals surface area contributed by atoms with Crippen LogP contribution >= 0.6 is 0 Å². The van der Waals surface area contributed by atoms with Crippen molar-refractivity contribution >= 4 is 11.0 Å². The van der Waals surface area contributed by atoms with Gasteiger partial charge in [-0.25, -0.2) is 4.98 Å². The Kier molecular flexibility index (Phi) is 3.99. The van der Waals surface area contributed by atoms with Gasteiger partial charge in [-0.05, 0) is 50.7 Å². The lowest BCUT2D eigenvalue weighted by atomic mass is 9.91. The fraction of sp³-hybridized carbons (Fsp3) is 0.500. The summed E-state index contributed by atoms with van der Waals surface area (Å²) in [6.07, 6.45) is 2.77. The minimum atomic E-state index is 0.390. The van der Waals surface area contributed by atoms with E-state index in [1.54, 1.807) is 6.33 Å². The van der Waals surface area contributed by atoms with E-state index in [2.05, 4.69) is 54.1 Å². The van der Waals surface area contributed by atoms with E-state index in [9.17, 15) is 0 Å². The number of hydrogen-bond donors (Lipinski definition) is 2. The summed E-state index contributed by atoms with van der Waals surface area (Å²) in [5, 5.41) is 0. The van der Waals surface area contributed by atoms with E-state index >= 15 is 0 Å². The van der Waals surface area contributed by atoms with Crippen LogP contribution in [0.3, 0.4) is 0 Å². The molecular weight excluding hydrogens is 224 g/mol. The third kappa shape index (κ3) is 2.54. The Hall–Kier alpha value is -1.39. The average molecular weight is 246 g/mol. The molecule has 0 spiro atoms. The molecule has 98 valence electrons. The molecule has 0 radical (unpaired) electrons. The maximum Gasteiger partial charge on any atom is 0.0931 e. The molecule has 1 heterocycles. The summed E-state index contributed by atoms with van der Waals surface area (Å²) in [6, 6.07) is 6.83. The van der Waals surface area contributed by atoms with Crippen LogP contribution in [0, 0.1) is 5.92 Å². The van der Waals surface area contributed by atoms with Gasteiger partial charge in [0.25, 0.3) is 0 Å². The highest BCUT2D eigenvalue weighted by Gasteiger charge is 2.21. The topological polar surface area (TPSA) is 57.9 Å². The predicted molar refractivity (Wildman–Crippen MR) is 75.4 cm³/mol. The monoisotopic (exact) mass is 246 g/mol. The van der Waals surface area contributed by atoms with Crippen molar-refractivity contribution in [2.75, 3.05) is 20.6 Å². The van der Waals surface area contributed by atoms with E-state index in [0.29, 0.717) is 12.0 Å². The second-order valence-corrected chi connectivity index (χ2v) is 5.14. The third-order valence-electron chi connectivity index (χ3n) is 3.50. The average Bonchev–Trinajstić information content (AvgIpc) is 2.76. The second-order valence-electron chi connectivity index (χ2n) is 5.14. The molecule has 3 N–H and O–H groups in total. The van der Waals surface area contributed by atoms with Crippen molar-refractivity contribution in [3.63, 3.8) is 0 Å². The summed E-state index contributed by atoms with van der Waals surface area (Å²) < 4.78 is 0. The fourth-order valence-corrected chi connectivity index (χ4v) is 2.69. The van der Waals surface area contributed by atoms with Gasteiger partial charge in [0.1, 0.15) is 0 Å². The number of aromatic nitrogens is 2. The van der Waals surface area contributed by atoms with Crippen LogP contribution in [0.5, 0.6) is 0 Å². The predicted octanol–water partition coefficient (Wildman–Crippen LogP) is 2.15. The number of H-pyrrole nitrogens is 1. The molecule has 0 saturated heterocycles. The van der Waals surface area contributed by atoms with Crippen molar-refractivity contribution in [2.45, 2.75) is 19.4 Å². The summed E-state index contributed by atoms with van der Waals surface area (Å²) in [6.45, 7) is 2.99. The molecule has 2 atom stereocenters. The number of benzene rings is 1. The van der Waals surface area contributed by atoms with E-state index in [1.165, 1.54) is 5.56 Å². The van der Waals surface area contributed by atoms with Crippen molar-refractivity contribution in [3.05, 3.63) is 30.1 Å². The maximum absolute atomic E-state index is 5.68. The van der Waals surface area contributed by atoms with Gasteiger partial charge in [-0.3, -0.25) is 0 Å². The molecule has 18 heavy (non-hydrogen) atoms. The van der Waals surface area contributed by atoms with Gasteiger partial charge >= 0.3 is 0 Å². The lowest BCUT2D eigenvalue weighted by molar-refractivity contribution is 0.217. The van der Waals surface area contributed by atoms with Crippen LogP contribution in [0.25, 0.3) is 11.0 Å². The van der Waals surface area contributed by atoms with Crippen molar-refractivity contribution in [3.8, 4) is 0 Å². The SMILES string of the molecule is CC(CCN)C(c1ccc2nc[nH]c2c1)N(C)C. The number of nitrogens with one attached hydrogen (secondary N) is 1. The Balaban J connectivity index is 2.34. The molecule has 1 aromatic heterocycles. The van der Waals surface area contributed by atoms with Gasteiger partial charge in [-0.15, -0.1) is 0 Å². The summed E-state index contributed by atoms with van der Waals surface area (Å²) in [5.41, 5.74) is 9.12. The first-order chi connectivity index (χ1) is 8.63. The highest BCUT2D eigenvalue weighted by atomic mass is 15.1. The molecule has 0 aliphatic carbocycles. The van der Waals surface area contributed by atoms with Gasteiger partial charge in [-0.2, -0.15) is 0 Å². The molecule has 2 unspecified atom stereocenters. The Morgan fingerprint density at radius 2 is 2.17 bits per heavy atom. The number of hydrogen-bond acceptors (Lipinski definition) is 3. The van der Waals surface area contributed by atoms with Crippen molar-refractivity contribution < 1.29 is 0 Å². The van der Waals surface area contributed by atoms with Crippen LogP contribution in [0.15, 0.2) is 24.5 Å². The summed E-state index contributed by atoms with van der Waals surface area (Å²) in [5.74, 6) is 0.533. The smallest absolute Gasteiger partial charge is 0.0931 e. The quantitative estimate of drug-likeness (QED) is 0.850. The maximum atomic E-state index is 5.68. The molecule has 0 aliphatic rings. The highest BCUT2D eigenvalue weighted by Crippen LogP contribution is 2.30. The van der Waals surface area contributed by atoms with Gasteiger partial charge in [0.05, 0.1) is 17.4 Å². The van der Waals surface area contributed by atoms with Crippen LogP contribution in [0.1, 0.15) is 24.9 Å². The Bertz CT molecular complexity index is 503. The zero-order valence-corrected chi connectivity index (χ0v) is 11.4. The number of aromatic amines is 1. The normalized spacial score (nSPS) is 15.2. The molecule has 2 aromatic rings. The van der Waals surface area contributed by atoms with E-state index in [4.69, 9.17) is 5.73 Å². The first-order valence-corrected chi connectivity index (χ1v) is 6.43. The molecule has 1 aromatic carbocycles. The first kappa shape index (κ1) is 13.1. The lowest BCUT2D eigenvalue weighted by Crippen LogP contribution is -2.27. The molecule has 0 amide bonds. The van der Waals surface area contributed by atoms with Crippen molar-refractivity contribution in [2.24, 2.45) is 11.7 Å². The molecule has 0 bridgehead atoms. The van der Waals surface area contributed by atoms with E-state index in [0.717, 1.165) is 24.0 Å². The number of fused-ring (bicyclic) bond motifs is 1. The van der Waals surface area contributed by atoms with Crippen LogP contribution in [-0.4, -0.2) is 35.5 Å². The molecule has 0 aliphatic heterocycles. The largest absolute Gasteiger partial charge is 0.345 e. The molecule has 4 nitrogen and oxygen atoms in total.